The topological polar surface area (TPSA) is 53.4 Å². The molecule has 1 rings (SSSR count). The van der Waals surface area contributed by atoms with E-state index in [0.29, 0.717) is 0 Å². The van der Waals surface area contributed by atoms with E-state index >= 15 is 0 Å². The van der Waals surface area contributed by atoms with E-state index in [1.54, 1.807) is 6.20 Å². The second kappa shape index (κ2) is 7.37. The molecule has 0 aromatic carbocycles. The van der Waals surface area contributed by atoms with Crippen LogP contribution in [0.5, 0.6) is 0 Å². The largest absolute Gasteiger partial charge is 0.396 e. The highest BCUT2D eigenvalue weighted by Gasteiger charge is 2.04. The van der Waals surface area contributed by atoms with Crippen molar-refractivity contribution in [1.82, 2.24) is 4.98 Å². The van der Waals surface area contributed by atoms with Gasteiger partial charge in [-0.25, -0.2) is 0 Å². The van der Waals surface area contributed by atoms with Crippen LogP contribution in [0.15, 0.2) is 24.4 Å². The Labute approximate surface area is 90.8 Å². The molecule has 0 amide bonds. The fourth-order valence-electron chi connectivity index (χ4n) is 1.50. The average molecular weight is 209 g/mol. The van der Waals surface area contributed by atoms with E-state index in [1.807, 2.05) is 18.2 Å². The molecular weight excluding hydrogens is 190 g/mol. The Kier molecular flexibility index (Phi) is 5.97. The van der Waals surface area contributed by atoms with Crippen LogP contribution in [0.4, 0.5) is 0 Å². The summed E-state index contributed by atoms with van der Waals surface area (Å²) in [5.74, 6) is 0. The zero-order chi connectivity index (χ0) is 10.9. The minimum atomic E-state index is -0.265. The van der Waals surface area contributed by atoms with Gasteiger partial charge < -0.3 is 10.2 Å². The highest BCUT2D eigenvalue weighted by molar-refractivity contribution is 5.03. The first-order valence-corrected chi connectivity index (χ1v) is 5.51. The summed E-state index contributed by atoms with van der Waals surface area (Å²) in [6.07, 6.45) is 5.52. The summed E-state index contributed by atoms with van der Waals surface area (Å²) in [5.41, 5.74) is 1.03. The standard InChI is InChI=1S/C12H19NO2/c14-10-4-2-6-12(15)8-7-11-5-1-3-9-13-11/h1,3,5,9,12,14-15H,2,4,6-8,10H2. The van der Waals surface area contributed by atoms with E-state index in [2.05, 4.69) is 4.98 Å². The van der Waals surface area contributed by atoms with Crippen molar-refractivity contribution in [2.75, 3.05) is 6.61 Å². The predicted molar refractivity (Wildman–Crippen MR) is 59.5 cm³/mol. The lowest BCUT2D eigenvalue weighted by atomic mass is 10.1. The molecule has 15 heavy (non-hydrogen) atoms. The second-order valence-corrected chi connectivity index (χ2v) is 3.73. The third-order valence-corrected chi connectivity index (χ3v) is 2.41. The molecule has 0 spiro atoms. The van der Waals surface area contributed by atoms with Crippen LogP contribution in [0.2, 0.25) is 0 Å². The van der Waals surface area contributed by atoms with Crippen LogP contribution in [0.3, 0.4) is 0 Å². The first-order valence-electron chi connectivity index (χ1n) is 5.51. The van der Waals surface area contributed by atoms with Crippen molar-refractivity contribution >= 4 is 0 Å². The molecule has 2 N–H and O–H groups in total. The first-order chi connectivity index (χ1) is 7.33. The maximum Gasteiger partial charge on any atom is 0.0544 e. The molecule has 0 aliphatic rings. The molecule has 1 heterocycles. The maximum atomic E-state index is 9.63. The summed E-state index contributed by atoms with van der Waals surface area (Å²) in [6.45, 7) is 0.215. The number of aryl methyl sites for hydroxylation is 1. The third-order valence-electron chi connectivity index (χ3n) is 2.41. The highest BCUT2D eigenvalue weighted by atomic mass is 16.3. The Morgan fingerprint density at radius 2 is 2.07 bits per heavy atom. The number of hydrogen-bond acceptors (Lipinski definition) is 3. The number of nitrogens with zero attached hydrogens (tertiary/aromatic N) is 1. The van der Waals surface area contributed by atoms with Crippen molar-refractivity contribution in [3.05, 3.63) is 30.1 Å². The van der Waals surface area contributed by atoms with E-state index in [4.69, 9.17) is 5.11 Å². The first kappa shape index (κ1) is 12.1. The van der Waals surface area contributed by atoms with Crippen LogP contribution < -0.4 is 0 Å². The van der Waals surface area contributed by atoms with Gasteiger partial charge in [0.25, 0.3) is 0 Å². The monoisotopic (exact) mass is 209 g/mol. The SMILES string of the molecule is OCCCCC(O)CCc1ccccn1. The molecule has 0 saturated heterocycles. The Morgan fingerprint density at radius 1 is 1.20 bits per heavy atom. The van der Waals surface area contributed by atoms with E-state index in [0.717, 1.165) is 37.8 Å². The summed E-state index contributed by atoms with van der Waals surface area (Å²) >= 11 is 0. The molecule has 1 atom stereocenters. The number of aliphatic hydroxyl groups is 2. The summed E-state index contributed by atoms with van der Waals surface area (Å²) in [4.78, 5) is 4.20. The van der Waals surface area contributed by atoms with Gasteiger partial charge in [-0.1, -0.05) is 6.07 Å². The molecule has 84 valence electrons. The smallest absolute Gasteiger partial charge is 0.0544 e. The second-order valence-electron chi connectivity index (χ2n) is 3.73. The molecule has 0 fully saturated rings. The zero-order valence-corrected chi connectivity index (χ0v) is 8.97. The molecule has 0 radical (unpaired) electrons. The van der Waals surface area contributed by atoms with Gasteiger partial charge in [0.15, 0.2) is 0 Å². The number of aromatic nitrogens is 1. The van der Waals surface area contributed by atoms with Crippen molar-refractivity contribution in [2.24, 2.45) is 0 Å². The minimum Gasteiger partial charge on any atom is -0.396 e. The van der Waals surface area contributed by atoms with Gasteiger partial charge in [0.1, 0.15) is 0 Å². The van der Waals surface area contributed by atoms with Crippen molar-refractivity contribution in [1.29, 1.82) is 0 Å². The molecule has 0 saturated carbocycles. The van der Waals surface area contributed by atoms with Crippen LogP contribution in [0.1, 0.15) is 31.4 Å². The van der Waals surface area contributed by atoms with Crippen molar-refractivity contribution in [3.63, 3.8) is 0 Å². The van der Waals surface area contributed by atoms with Crippen LogP contribution >= 0.6 is 0 Å². The molecule has 1 unspecified atom stereocenters. The lowest BCUT2D eigenvalue weighted by molar-refractivity contribution is 0.147. The Balaban J connectivity index is 2.14. The summed E-state index contributed by atoms with van der Waals surface area (Å²) < 4.78 is 0. The maximum absolute atomic E-state index is 9.63. The number of unbranched alkanes of at least 4 members (excludes halogenated alkanes) is 1. The highest BCUT2D eigenvalue weighted by Crippen LogP contribution is 2.07. The number of aliphatic hydroxyl groups excluding tert-OH is 2. The van der Waals surface area contributed by atoms with Gasteiger partial charge in [0.2, 0.25) is 0 Å². The summed E-state index contributed by atoms with van der Waals surface area (Å²) in [7, 11) is 0. The summed E-state index contributed by atoms with van der Waals surface area (Å²) in [6, 6.07) is 5.82. The Hall–Kier alpha value is -0.930. The summed E-state index contributed by atoms with van der Waals surface area (Å²) in [5, 5.41) is 18.2. The van der Waals surface area contributed by atoms with Gasteiger partial charge in [-0.05, 0) is 44.2 Å². The van der Waals surface area contributed by atoms with Gasteiger partial charge in [0.05, 0.1) is 6.10 Å². The fraction of sp³-hybridized carbons (Fsp3) is 0.583. The molecule has 0 aliphatic carbocycles. The van der Waals surface area contributed by atoms with Gasteiger partial charge in [0, 0.05) is 18.5 Å². The predicted octanol–water partition coefficient (Wildman–Crippen LogP) is 1.54. The molecule has 3 heteroatoms. The molecule has 1 aromatic heterocycles. The molecule has 1 aromatic rings. The van der Waals surface area contributed by atoms with E-state index < -0.39 is 0 Å². The molecule has 0 bridgehead atoms. The van der Waals surface area contributed by atoms with Crippen LogP contribution in [-0.2, 0) is 6.42 Å². The Morgan fingerprint density at radius 3 is 2.73 bits per heavy atom. The lowest BCUT2D eigenvalue weighted by Gasteiger charge is -2.09. The van der Waals surface area contributed by atoms with Crippen LogP contribution in [0.25, 0.3) is 0 Å². The Bertz CT molecular complexity index is 251. The lowest BCUT2D eigenvalue weighted by Crippen LogP contribution is -2.08. The third kappa shape index (κ3) is 5.50. The number of hydrogen-bond donors (Lipinski definition) is 2. The number of pyridine rings is 1. The quantitative estimate of drug-likeness (QED) is 0.670. The van der Waals surface area contributed by atoms with E-state index in [-0.39, 0.29) is 12.7 Å². The minimum absolute atomic E-state index is 0.215. The van der Waals surface area contributed by atoms with E-state index in [9.17, 15) is 5.11 Å². The number of rotatable bonds is 7. The van der Waals surface area contributed by atoms with Gasteiger partial charge >= 0.3 is 0 Å². The van der Waals surface area contributed by atoms with Crippen molar-refractivity contribution in [3.8, 4) is 0 Å². The van der Waals surface area contributed by atoms with Crippen LogP contribution in [0, 0.1) is 0 Å². The van der Waals surface area contributed by atoms with Gasteiger partial charge in [-0.15, -0.1) is 0 Å². The fourth-order valence-corrected chi connectivity index (χ4v) is 1.50. The van der Waals surface area contributed by atoms with Gasteiger partial charge in [-0.2, -0.15) is 0 Å². The molecule has 0 aliphatic heterocycles. The van der Waals surface area contributed by atoms with E-state index in [1.165, 1.54) is 0 Å². The molecular formula is C12H19NO2. The van der Waals surface area contributed by atoms with Crippen LogP contribution in [-0.4, -0.2) is 27.9 Å². The normalized spacial score (nSPS) is 12.7. The van der Waals surface area contributed by atoms with Crippen molar-refractivity contribution in [2.45, 2.75) is 38.2 Å². The molecule has 3 nitrogen and oxygen atoms in total. The zero-order valence-electron chi connectivity index (χ0n) is 8.97. The van der Waals surface area contributed by atoms with Crippen molar-refractivity contribution < 1.29 is 10.2 Å². The van der Waals surface area contributed by atoms with Gasteiger partial charge in [-0.3, -0.25) is 4.98 Å². The average Bonchev–Trinajstić information content (AvgIpc) is 2.28.